The fourth-order valence-corrected chi connectivity index (χ4v) is 1.59. The Morgan fingerprint density at radius 2 is 2.19 bits per heavy atom. The molecule has 1 aromatic carbocycles. The molecule has 2 rings (SSSR count). The van der Waals surface area contributed by atoms with Crippen molar-refractivity contribution in [2.75, 3.05) is 5.32 Å². The molecule has 0 amide bonds. The Kier molecular flexibility index (Phi) is 3.24. The number of aromatic nitrogens is 2. The van der Waals surface area contributed by atoms with E-state index in [9.17, 15) is 0 Å². The smallest absolute Gasteiger partial charge is 0.245 e. The summed E-state index contributed by atoms with van der Waals surface area (Å²) in [6.07, 6.45) is 0. The highest BCUT2D eigenvalue weighted by Crippen LogP contribution is 2.20. The van der Waals surface area contributed by atoms with Crippen molar-refractivity contribution in [2.24, 2.45) is 0 Å². The maximum Gasteiger partial charge on any atom is 0.245 e. The third-order valence-corrected chi connectivity index (χ3v) is 3.06. The lowest BCUT2D eigenvalue weighted by molar-refractivity contribution is 0.379. The molecule has 0 unspecified atom stereocenters. The summed E-state index contributed by atoms with van der Waals surface area (Å²) in [6, 6.07) is 6.07. The number of benzene rings is 1. The minimum atomic E-state index is 0.544. The Morgan fingerprint density at radius 1 is 1.38 bits per heavy atom. The quantitative estimate of drug-likeness (QED) is 0.940. The minimum absolute atomic E-state index is 0.544. The normalized spacial score (nSPS) is 10.4. The topological polar surface area (TPSA) is 51.0 Å². The average molecular weight is 282 g/mol. The third-order valence-electron chi connectivity index (χ3n) is 2.17. The summed E-state index contributed by atoms with van der Waals surface area (Å²) in [5.41, 5.74) is 2.23. The Hall–Kier alpha value is -1.36. The van der Waals surface area contributed by atoms with E-state index in [2.05, 4.69) is 37.5 Å². The first kappa shape index (κ1) is 11.1. The van der Waals surface area contributed by atoms with Crippen LogP contribution >= 0.6 is 15.9 Å². The summed E-state index contributed by atoms with van der Waals surface area (Å²) < 4.78 is 6.11. The highest BCUT2D eigenvalue weighted by atomic mass is 79.9. The van der Waals surface area contributed by atoms with Gasteiger partial charge >= 0.3 is 0 Å². The molecule has 4 nitrogen and oxygen atoms in total. The molecular formula is C11H12BrN3O. The van der Waals surface area contributed by atoms with Gasteiger partial charge in [-0.1, -0.05) is 21.1 Å². The second-order valence-corrected chi connectivity index (χ2v) is 4.41. The average Bonchev–Trinajstić information content (AvgIpc) is 2.66. The molecule has 0 saturated carbocycles. The first-order valence-corrected chi connectivity index (χ1v) is 5.73. The molecule has 0 aliphatic rings. The van der Waals surface area contributed by atoms with Crippen molar-refractivity contribution in [2.45, 2.75) is 20.4 Å². The molecule has 0 spiro atoms. The molecule has 0 bridgehead atoms. The monoisotopic (exact) mass is 281 g/mol. The van der Waals surface area contributed by atoms with Crippen molar-refractivity contribution in [1.82, 2.24) is 10.1 Å². The van der Waals surface area contributed by atoms with Crippen LogP contribution in [0.5, 0.6) is 0 Å². The number of hydrogen-bond donors (Lipinski definition) is 1. The van der Waals surface area contributed by atoms with Crippen LogP contribution < -0.4 is 5.32 Å². The van der Waals surface area contributed by atoms with Gasteiger partial charge in [-0.3, -0.25) is 0 Å². The van der Waals surface area contributed by atoms with Gasteiger partial charge in [0.15, 0.2) is 5.82 Å². The molecule has 0 aliphatic carbocycles. The van der Waals surface area contributed by atoms with E-state index in [4.69, 9.17) is 4.52 Å². The molecule has 2 aromatic rings. The van der Waals surface area contributed by atoms with Crippen LogP contribution in [0.25, 0.3) is 0 Å². The summed E-state index contributed by atoms with van der Waals surface area (Å²) in [5, 5.41) is 6.95. The van der Waals surface area contributed by atoms with Crippen molar-refractivity contribution in [3.8, 4) is 0 Å². The summed E-state index contributed by atoms with van der Waals surface area (Å²) in [7, 11) is 0. The van der Waals surface area contributed by atoms with E-state index < -0.39 is 0 Å². The summed E-state index contributed by atoms with van der Waals surface area (Å²) in [6.45, 7) is 4.39. The lowest BCUT2D eigenvalue weighted by atomic mass is 10.2. The lowest BCUT2D eigenvalue weighted by Crippen LogP contribution is -1.99. The molecule has 5 heteroatoms. The lowest BCUT2D eigenvalue weighted by Gasteiger charge is -2.05. The van der Waals surface area contributed by atoms with Crippen molar-refractivity contribution >= 4 is 21.6 Å². The van der Waals surface area contributed by atoms with Crippen molar-refractivity contribution in [3.63, 3.8) is 0 Å². The first-order valence-electron chi connectivity index (χ1n) is 4.94. The second kappa shape index (κ2) is 4.65. The van der Waals surface area contributed by atoms with Crippen LogP contribution in [0.4, 0.5) is 5.69 Å². The van der Waals surface area contributed by atoms with Crippen LogP contribution in [-0.4, -0.2) is 10.1 Å². The molecule has 0 saturated heterocycles. The Bertz CT molecular complexity index is 496. The van der Waals surface area contributed by atoms with Gasteiger partial charge in [0.25, 0.3) is 0 Å². The standard InChI is InChI=1S/C11H12BrN3O/c1-7-5-9(3-4-10(7)12)13-6-11-14-8(2)15-16-11/h3-5,13H,6H2,1-2H3. The van der Waals surface area contributed by atoms with Crippen LogP contribution in [0.15, 0.2) is 27.2 Å². The summed E-state index contributed by atoms with van der Waals surface area (Å²) >= 11 is 3.46. The van der Waals surface area contributed by atoms with Crippen molar-refractivity contribution in [1.29, 1.82) is 0 Å². The largest absolute Gasteiger partial charge is 0.376 e. The molecule has 16 heavy (non-hydrogen) atoms. The molecule has 0 radical (unpaired) electrons. The van der Waals surface area contributed by atoms with E-state index in [-0.39, 0.29) is 0 Å². The molecule has 1 aromatic heterocycles. The van der Waals surface area contributed by atoms with E-state index >= 15 is 0 Å². The van der Waals surface area contributed by atoms with Gasteiger partial charge in [0.05, 0.1) is 6.54 Å². The van der Waals surface area contributed by atoms with Gasteiger partial charge in [0.2, 0.25) is 5.89 Å². The van der Waals surface area contributed by atoms with Crippen LogP contribution in [-0.2, 0) is 6.54 Å². The Labute approximate surface area is 102 Å². The predicted molar refractivity (Wildman–Crippen MR) is 65.2 cm³/mol. The van der Waals surface area contributed by atoms with Crippen molar-refractivity contribution in [3.05, 3.63) is 40.0 Å². The zero-order valence-electron chi connectivity index (χ0n) is 9.12. The number of nitrogens with zero attached hydrogens (tertiary/aromatic N) is 2. The van der Waals surface area contributed by atoms with E-state index in [1.54, 1.807) is 6.92 Å². The van der Waals surface area contributed by atoms with Gasteiger partial charge in [-0.15, -0.1) is 0 Å². The molecule has 1 N–H and O–H groups in total. The van der Waals surface area contributed by atoms with Gasteiger partial charge in [-0.05, 0) is 37.6 Å². The van der Waals surface area contributed by atoms with Crippen LogP contribution in [0.2, 0.25) is 0 Å². The molecule has 0 aliphatic heterocycles. The molecular weight excluding hydrogens is 270 g/mol. The molecule has 1 heterocycles. The second-order valence-electron chi connectivity index (χ2n) is 3.55. The highest BCUT2D eigenvalue weighted by molar-refractivity contribution is 9.10. The number of nitrogens with one attached hydrogen (secondary N) is 1. The maximum atomic E-state index is 5.01. The summed E-state index contributed by atoms with van der Waals surface area (Å²) in [4.78, 5) is 4.12. The molecule has 84 valence electrons. The van der Waals surface area contributed by atoms with E-state index in [0.717, 1.165) is 10.2 Å². The van der Waals surface area contributed by atoms with E-state index in [0.29, 0.717) is 18.3 Å². The van der Waals surface area contributed by atoms with Gasteiger partial charge in [0, 0.05) is 10.2 Å². The SMILES string of the molecule is Cc1noc(CNc2ccc(Br)c(C)c2)n1. The zero-order valence-corrected chi connectivity index (χ0v) is 10.7. The Balaban J connectivity index is 2.02. The first-order chi connectivity index (χ1) is 7.65. The predicted octanol–water partition coefficient (Wildman–Crippen LogP) is 3.06. The van der Waals surface area contributed by atoms with Gasteiger partial charge in [0.1, 0.15) is 0 Å². The summed E-state index contributed by atoms with van der Waals surface area (Å²) in [5.74, 6) is 1.25. The molecule has 0 fully saturated rings. The zero-order chi connectivity index (χ0) is 11.5. The van der Waals surface area contributed by atoms with Crippen LogP contribution in [0.1, 0.15) is 17.3 Å². The fraction of sp³-hybridized carbons (Fsp3) is 0.273. The Morgan fingerprint density at radius 3 is 2.81 bits per heavy atom. The van der Waals surface area contributed by atoms with Gasteiger partial charge < -0.3 is 9.84 Å². The number of anilines is 1. The number of aryl methyl sites for hydroxylation is 2. The van der Waals surface area contributed by atoms with Crippen molar-refractivity contribution < 1.29 is 4.52 Å². The number of hydrogen-bond acceptors (Lipinski definition) is 4. The minimum Gasteiger partial charge on any atom is -0.376 e. The maximum absolute atomic E-state index is 5.01. The number of halogens is 1. The van der Waals surface area contributed by atoms with Crippen LogP contribution in [0, 0.1) is 13.8 Å². The molecule has 0 atom stereocenters. The highest BCUT2D eigenvalue weighted by Gasteiger charge is 2.02. The van der Waals surface area contributed by atoms with E-state index in [1.165, 1.54) is 5.56 Å². The fourth-order valence-electron chi connectivity index (χ4n) is 1.34. The van der Waals surface area contributed by atoms with Crippen LogP contribution in [0.3, 0.4) is 0 Å². The van der Waals surface area contributed by atoms with Gasteiger partial charge in [-0.2, -0.15) is 4.98 Å². The van der Waals surface area contributed by atoms with Gasteiger partial charge in [-0.25, -0.2) is 0 Å². The third kappa shape index (κ3) is 2.61. The van der Waals surface area contributed by atoms with E-state index in [1.807, 2.05) is 19.1 Å². The number of rotatable bonds is 3.